The first-order valence-corrected chi connectivity index (χ1v) is 5.30. The van der Waals surface area contributed by atoms with Gasteiger partial charge in [-0.25, -0.2) is 0 Å². The third-order valence-corrected chi connectivity index (χ3v) is 3.88. The molecule has 4 nitrogen and oxygen atoms in total. The molecule has 14 heavy (non-hydrogen) atoms. The van der Waals surface area contributed by atoms with E-state index < -0.39 is 0 Å². The molecule has 1 amide bonds. The average molecular weight is 198 g/mol. The number of carbonyl (C=O) groups excluding carboxylic acids is 1. The fourth-order valence-electron chi connectivity index (χ4n) is 2.99. The quantitative estimate of drug-likeness (QED) is 0.632. The van der Waals surface area contributed by atoms with Crippen LogP contribution in [0, 0.1) is 11.3 Å². The Kier molecular flexibility index (Phi) is 2.49. The first kappa shape index (κ1) is 9.93. The van der Waals surface area contributed by atoms with Gasteiger partial charge >= 0.3 is 0 Å². The predicted molar refractivity (Wildman–Crippen MR) is 52.5 cm³/mol. The van der Waals surface area contributed by atoms with Gasteiger partial charge in [-0.1, -0.05) is 6.42 Å². The number of aliphatic hydroxyl groups is 1. The summed E-state index contributed by atoms with van der Waals surface area (Å²) in [6.07, 6.45) is 3.40. The number of hydrogen-bond acceptors (Lipinski definition) is 3. The van der Waals surface area contributed by atoms with Gasteiger partial charge in [-0.2, -0.15) is 0 Å². The third-order valence-electron chi connectivity index (χ3n) is 3.88. The third kappa shape index (κ3) is 1.33. The van der Waals surface area contributed by atoms with Crippen LogP contribution in [0.1, 0.15) is 19.3 Å². The summed E-state index contributed by atoms with van der Waals surface area (Å²) in [4.78, 5) is 13.2. The highest BCUT2D eigenvalue weighted by atomic mass is 16.3. The summed E-state index contributed by atoms with van der Waals surface area (Å²) in [7, 11) is 0. The summed E-state index contributed by atoms with van der Waals surface area (Å²) in [5, 5.41) is 9.43. The second-order valence-electron chi connectivity index (χ2n) is 4.59. The van der Waals surface area contributed by atoms with Gasteiger partial charge in [-0.3, -0.25) is 4.79 Å². The molecule has 1 heterocycles. The molecular weight excluding hydrogens is 180 g/mol. The second-order valence-corrected chi connectivity index (χ2v) is 4.59. The smallest absolute Gasteiger partial charge is 0.236 e. The van der Waals surface area contributed by atoms with Crippen LogP contribution in [-0.2, 0) is 4.79 Å². The van der Waals surface area contributed by atoms with E-state index in [4.69, 9.17) is 5.73 Å². The summed E-state index contributed by atoms with van der Waals surface area (Å²) < 4.78 is 0. The number of nitrogens with two attached hydrogens (primary N) is 1. The van der Waals surface area contributed by atoms with Crippen LogP contribution in [0.5, 0.6) is 0 Å². The number of amides is 1. The van der Waals surface area contributed by atoms with Crippen LogP contribution in [-0.4, -0.2) is 42.2 Å². The number of rotatable bonds is 2. The molecule has 2 aliphatic rings. The lowest BCUT2D eigenvalue weighted by Gasteiger charge is -2.25. The minimum atomic E-state index is 0.00479. The lowest BCUT2D eigenvalue weighted by molar-refractivity contribution is -0.129. The Balaban J connectivity index is 2.08. The van der Waals surface area contributed by atoms with Gasteiger partial charge in [0.2, 0.25) is 5.91 Å². The lowest BCUT2D eigenvalue weighted by atomic mass is 9.82. The molecular formula is C10H18N2O2. The van der Waals surface area contributed by atoms with Gasteiger partial charge in [0.1, 0.15) is 0 Å². The number of carbonyl (C=O) groups is 1. The van der Waals surface area contributed by atoms with E-state index in [0.29, 0.717) is 12.5 Å². The zero-order valence-electron chi connectivity index (χ0n) is 8.41. The Morgan fingerprint density at radius 3 is 3.00 bits per heavy atom. The van der Waals surface area contributed by atoms with Crippen LogP contribution < -0.4 is 5.73 Å². The minimum Gasteiger partial charge on any atom is -0.396 e. The van der Waals surface area contributed by atoms with Crippen LogP contribution in [0.15, 0.2) is 0 Å². The van der Waals surface area contributed by atoms with Gasteiger partial charge in [-0.15, -0.1) is 0 Å². The zero-order valence-corrected chi connectivity index (χ0v) is 8.41. The minimum absolute atomic E-state index is 0.00479. The fourth-order valence-corrected chi connectivity index (χ4v) is 2.99. The normalized spacial score (nSPS) is 36.1. The Labute approximate surface area is 84.1 Å². The molecule has 2 fully saturated rings. The number of aliphatic hydroxyl groups excluding tert-OH is 1. The first-order chi connectivity index (χ1) is 6.72. The number of fused-ring (bicyclic) bond motifs is 1. The van der Waals surface area contributed by atoms with Gasteiger partial charge in [0, 0.05) is 18.5 Å². The lowest BCUT2D eigenvalue weighted by Crippen LogP contribution is -2.37. The molecule has 2 rings (SSSR count). The Bertz CT molecular complexity index is 244. The molecule has 0 aromatic rings. The predicted octanol–water partition coefficient (Wildman–Crippen LogP) is -0.434. The SMILES string of the molecule is NCC(=O)N1C[C@@H]2CCC[C@@]2(CO)C1. The van der Waals surface area contributed by atoms with E-state index in [1.54, 1.807) is 0 Å². The maximum atomic E-state index is 11.4. The van der Waals surface area contributed by atoms with Crippen molar-refractivity contribution < 1.29 is 9.90 Å². The van der Waals surface area contributed by atoms with Gasteiger partial charge in [-0.05, 0) is 18.8 Å². The molecule has 1 saturated carbocycles. The van der Waals surface area contributed by atoms with Crippen molar-refractivity contribution in [3.05, 3.63) is 0 Å². The number of hydrogen-bond donors (Lipinski definition) is 2. The topological polar surface area (TPSA) is 66.6 Å². The molecule has 1 saturated heterocycles. The Morgan fingerprint density at radius 2 is 2.43 bits per heavy atom. The molecule has 0 aromatic heterocycles. The van der Waals surface area contributed by atoms with Crippen LogP contribution in [0.2, 0.25) is 0 Å². The van der Waals surface area contributed by atoms with E-state index in [0.717, 1.165) is 19.4 Å². The molecule has 2 atom stereocenters. The van der Waals surface area contributed by atoms with Crippen molar-refractivity contribution >= 4 is 5.91 Å². The van der Waals surface area contributed by atoms with Gasteiger partial charge in [0.05, 0.1) is 13.2 Å². The van der Waals surface area contributed by atoms with Crippen molar-refractivity contribution in [2.75, 3.05) is 26.2 Å². The van der Waals surface area contributed by atoms with Crippen LogP contribution in [0.3, 0.4) is 0 Å². The monoisotopic (exact) mass is 198 g/mol. The van der Waals surface area contributed by atoms with Crippen molar-refractivity contribution in [2.45, 2.75) is 19.3 Å². The van der Waals surface area contributed by atoms with E-state index in [2.05, 4.69) is 0 Å². The molecule has 0 bridgehead atoms. The van der Waals surface area contributed by atoms with Crippen molar-refractivity contribution in [1.82, 2.24) is 4.90 Å². The van der Waals surface area contributed by atoms with Gasteiger partial charge in [0.25, 0.3) is 0 Å². The summed E-state index contributed by atoms with van der Waals surface area (Å²) >= 11 is 0. The highest BCUT2D eigenvalue weighted by Crippen LogP contribution is 2.48. The largest absolute Gasteiger partial charge is 0.396 e. The van der Waals surface area contributed by atoms with E-state index >= 15 is 0 Å². The Morgan fingerprint density at radius 1 is 1.64 bits per heavy atom. The van der Waals surface area contributed by atoms with Crippen molar-refractivity contribution in [2.24, 2.45) is 17.1 Å². The van der Waals surface area contributed by atoms with Crippen LogP contribution in [0.4, 0.5) is 0 Å². The number of nitrogens with zero attached hydrogens (tertiary/aromatic N) is 1. The van der Waals surface area contributed by atoms with E-state index in [1.165, 1.54) is 6.42 Å². The molecule has 80 valence electrons. The molecule has 0 spiro atoms. The van der Waals surface area contributed by atoms with E-state index in [9.17, 15) is 9.90 Å². The highest BCUT2D eigenvalue weighted by Gasteiger charge is 2.49. The van der Waals surface area contributed by atoms with Crippen LogP contribution in [0.25, 0.3) is 0 Å². The maximum Gasteiger partial charge on any atom is 0.236 e. The zero-order chi connectivity index (χ0) is 10.2. The van der Waals surface area contributed by atoms with Crippen molar-refractivity contribution in [1.29, 1.82) is 0 Å². The fraction of sp³-hybridized carbons (Fsp3) is 0.900. The highest BCUT2D eigenvalue weighted by molar-refractivity contribution is 5.78. The van der Waals surface area contributed by atoms with Gasteiger partial charge < -0.3 is 15.7 Å². The molecule has 1 aliphatic carbocycles. The summed E-state index contributed by atoms with van der Waals surface area (Å²) in [6, 6.07) is 0. The van der Waals surface area contributed by atoms with Crippen molar-refractivity contribution in [3.8, 4) is 0 Å². The number of likely N-dealkylation sites (tertiary alicyclic amines) is 1. The molecule has 1 aliphatic heterocycles. The molecule has 0 radical (unpaired) electrons. The first-order valence-electron chi connectivity index (χ1n) is 5.30. The van der Waals surface area contributed by atoms with E-state index in [1.807, 2.05) is 4.90 Å². The van der Waals surface area contributed by atoms with Crippen molar-refractivity contribution in [3.63, 3.8) is 0 Å². The standard InChI is InChI=1S/C10H18N2O2/c11-4-9(14)12-5-8-2-1-3-10(8,6-12)7-13/h8,13H,1-7,11H2/t8-,10-/m0/s1. The maximum absolute atomic E-state index is 11.4. The average Bonchev–Trinajstić information content (AvgIpc) is 2.72. The Hall–Kier alpha value is -0.610. The molecule has 4 heteroatoms. The summed E-state index contributed by atoms with van der Waals surface area (Å²) in [5.41, 5.74) is 5.34. The summed E-state index contributed by atoms with van der Waals surface area (Å²) in [5.74, 6) is 0.523. The van der Waals surface area contributed by atoms with Crippen LogP contribution >= 0.6 is 0 Å². The molecule has 3 N–H and O–H groups in total. The molecule has 0 aromatic carbocycles. The van der Waals surface area contributed by atoms with Gasteiger partial charge in [0.15, 0.2) is 0 Å². The molecule has 0 unspecified atom stereocenters. The van der Waals surface area contributed by atoms with E-state index in [-0.39, 0.29) is 24.5 Å². The second kappa shape index (κ2) is 3.51. The summed E-state index contributed by atoms with van der Waals surface area (Å²) in [6.45, 7) is 1.82.